The highest BCUT2D eigenvalue weighted by Gasteiger charge is 2.43. The molecule has 10 rings (SSSR count). The van der Waals surface area contributed by atoms with E-state index in [-0.39, 0.29) is 6.85 Å². The van der Waals surface area contributed by atoms with E-state index >= 15 is 0 Å². The van der Waals surface area contributed by atoms with Crippen LogP contribution in [0, 0.1) is 0 Å². The molecule has 40 heavy (non-hydrogen) atoms. The molecular weight excluding hydrogens is 487 g/mol. The normalized spacial score (nSPS) is 13.4. The molecule has 0 unspecified atom stereocenters. The van der Waals surface area contributed by atoms with Crippen molar-refractivity contribution >= 4 is 72.9 Å². The lowest BCUT2D eigenvalue weighted by molar-refractivity contribution is 0.673. The van der Waals surface area contributed by atoms with Crippen molar-refractivity contribution in [2.45, 2.75) is 0 Å². The molecule has 0 atom stereocenters. The third-order valence-electron chi connectivity index (χ3n) is 8.97. The highest BCUT2D eigenvalue weighted by atomic mass is 16.3. The van der Waals surface area contributed by atoms with Gasteiger partial charge in [0.1, 0.15) is 11.2 Å². The van der Waals surface area contributed by atoms with Crippen molar-refractivity contribution in [3.8, 4) is 16.8 Å². The van der Waals surface area contributed by atoms with E-state index < -0.39 is 0 Å². The van der Waals surface area contributed by atoms with Crippen molar-refractivity contribution in [3.63, 3.8) is 0 Å². The van der Waals surface area contributed by atoms with Crippen molar-refractivity contribution in [1.29, 1.82) is 0 Å². The third-order valence-corrected chi connectivity index (χ3v) is 8.97. The standard InChI is InChI=1S/C36H21BN2O/c1-2-10-22(11-3-1)39-29-15-7-4-12-23(29)25-18-19-27-33-31(21-20-26-24-13-5-9-17-32(24)40-36(26)33)38-30-16-8-6-14-28(30)37(39)34(25)35(27)38/h1-21H. The molecule has 0 saturated heterocycles. The lowest BCUT2D eigenvalue weighted by atomic mass is 9.44. The summed E-state index contributed by atoms with van der Waals surface area (Å²) in [5.41, 5.74) is 13.3. The van der Waals surface area contributed by atoms with Gasteiger partial charge in [0.05, 0.1) is 16.4 Å². The molecule has 0 aliphatic carbocycles. The largest absolute Gasteiger partial charge is 0.455 e. The average Bonchev–Trinajstić information content (AvgIpc) is 3.57. The molecule has 0 spiro atoms. The van der Waals surface area contributed by atoms with Gasteiger partial charge in [0.2, 0.25) is 0 Å². The number of aromatic nitrogens is 1. The van der Waals surface area contributed by atoms with Crippen molar-refractivity contribution in [2.24, 2.45) is 0 Å². The van der Waals surface area contributed by atoms with Gasteiger partial charge in [0, 0.05) is 38.8 Å². The van der Waals surface area contributed by atoms with Gasteiger partial charge in [-0.1, -0.05) is 84.9 Å². The number of benzene rings is 6. The van der Waals surface area contributed by atoms with E-state index in [1.165, 1.54) is 66.3 Å². The molecule has 0 bridgehead atoms. The van der Waals surface area contributed by atoms with Gasteiger partial charge in [0.15, 0.2) is 0 Å². The molecule has 0 N–H and O–H groups in total. The number of nitrogens with zero attached hydrogens (tertiary/aromatic N) is 2. The zero-order chi connectivity index (χ0) is 25.9. The minimum atomic E-state index is 0.0511. The summed E-state index contributed by atoms with van der Waals surface area (Å²) in [6, 6.07) is 46.1. The zero-order valence-corrected chi connectivity index (χ0v) is 21.5. The molecule has 4 heterocycles. The highest BCUT2D eigenvalue weighted by molar-refractivity contribution is 6.93. The van der Waals surface area contributed by atoms with Gasteiger partial charge in [-0.15, -0.1) is 0 Å². The van der Waals surface area contributed by atoms with E-state index in [0.717, 1.165) is 16.6 Å². The predicted molar refractivity (Wildman–Crippen MR) is 167 cm³/mol. The molecule has 0 fully saturated rings. The third kappa shape index (κ3) is 2.39. The maximum atomic E-state index is 6.60. The summed E-state index contributed by atoms with van der Waals surface area (Å²) in [4.78, 5) is 2.54. The van der Waals surface area contributed by atoms with Gasteiger partial charge in [0.25, 0.3) is 0 Å². The van der Waals surface area contributed by atoms with Gasteiger partial charge in [-0.3, -0.25) is 0 Å². The molecule has 3 nitrogen and oxygen atoms in total. The number of fused-ring (bicyclic) bond motifs is 12. The summed E-state index contributed by atoms with van der Waals surface area (Å²) in [7, 11) is 0. The highest BCUT2D eigenvalue weighted by Crippen LogP contribution is 2.46. The average molecular weight is 508 g/mol. The molecule has 2 aromatic heterocycles. The first-order chi connectivity index (χ1) is 19.9. The van der Waals surface area contributed by atoms with E-state index in [1.807, 2.05) is 6.07 Å². The van der Waals surface area contributed by atoms with Gasteiger partial charge in [-0.2, -0.15) is 0 Å². The summed E-state index contributed by atoms with van der Waals surface area (Å²) >= 11 is 0. The number of anilines is 2. The number of para-hydroxylation sites is 4. The monoisotopic (exact) mass is 508 g/mol. The molecule has 0 saturated carbocycles. The van der Waals surface area contributed by atoms with Crippen molar-refractivity contribution in [2.75, 3.05) is 4.81 Å². The van der Waals surface area contributed by atoms with E-state index in [2.05, 4.69) is 131 Å². The Balaban J connectivity index is 1.44. The Hall–Kier alpha value is -5.22. The molecule has 2 aliphatic heterocycles. The van der Waals surface area contributed by atoms with Gasteiger partial charge >= 0.3 is 6.85 Å². The van der Waals surface area contributed by atoms with Gasteiger partial charge in [-0.25, -0.2) is 0 Å². The van der Waals surface area contributed by atoms with Crippen molar-refractivity contribution in [3.05, 3.63) is 127 Å². The first kappa shape index (κ1) is 20.7. The number of hydrogen-bond donors (Lipinski definition) is 0. The maximum absolute atomic E-state index is 6.60. The topological polar surface area (TPSA) is 21.3 Å². The van der Waals surface area contributed by atoms with Crippen LogP contribution in [0.25, 0.3) is 60.6 Å². The smallest absolute Gasteiger partial charge is 0.333 e. The first-order valence-electron chi connectivity index (χ1n) is 13.8. The Morgan fingerprint density at radius 1 is 0.550 bits per heavy atom. The Kier molecular flexibility index (Phi) is 3.75. The molecule has 6 aromatic carbocycles. The SMILES string of the molecule is c1ccc(N2B3c4ccccc4-n4c5ccc6c7ccccc7oc6c5c5ccc(c3c54)-c3ccccc32)cc1. The van der Waals surface area contributed by atoms with Crippen LogP contribution in [-0.4, -0.2) is 11.4 Å². The van der Waals surface area contributed by atoms with Crippen LogP contribution in [0.4, 0.5) is 11.4 Å². The Labute approximate surface area is 230 Å². The van der Waals surface area contributed by atoms with E-state index in [0.29, 0.717) is 0 Å². The van der Waals surface area contributed by atoms with Gasteiger partial charge in [-0.05, 0) is 59.0 Å². The van der Waals surface area contributed by atoms with E-state index in [9.17, 15) is 0 Å². The van der Waals surface area contributed by atoms with Crippen LogP contribution in [-0.2, 0) is 0 Å². The Bertz CT molecular complexity index is 2350. The lowest BCUT2D eigenvalue weighted by Crippen LogP contribution is -2.60. The summed E-state index contributed by atoms with van der Waals surface area (Å²) in [5.74, 6) is 0. The fourth-order valence-electron chi connectivity index (χ4n) is 7.43. The van der Waals surface area contributed by atoms with Crippen LogP contribution in [0.3, 0.4) is 0 Å². The van der Waals surface area contributed by atoms with Crippen LogP contribution in [0.1, 0.15) is 0 Å². The minimum Gasteiger partial charge on any atom is -0.455 e. The number of rotatable bonds is 1. The molecule has 184 valence electrons. The first-order valence-corrected chi connectivity index (χ1v) is 13.8. The molecular formula is C36H21BN2O. The lowest BCUT2D eigenvalue weighted by Gasteiger charge is -2.41. The second-order valence-corrected chi connectivity index (χ2v) is 10.9. The van der Waals surface area contributed by atoms with E-state index in [4.69, 9.17) is 4.42 Å². The molecule has 8 aromatic rings. The second kappa shape index (κ2) is 7.25. The van der Waals surface area contributed by atoms with Crippen molar-refractivity contribution < 1.29 is 4.42 Å². The van der Waals surface area contributed by atoms with Crippen LogP contribution in [0.2, 0.25) is 0 Å². The van der Waals surface area contributed by atoms with Crippen LogP contribution >= 0.6 is 0 Å². The van der Waals surface area contributed by atoms with Crippen molar-refractivity contribution in [1.82, 2.24) is 4.57 Å². The fourth-order valence-corrected chi connectivity index (χ4v) is 7.43. The fraction of sp³-hybridized carbons (Fsp3) is 0. The molecule has 4 heteroatoms. The summed E-state index contributed by atoms with van der Waals surface area (Å²) in [6.45, 7) is 0.0511. The molecule has 2 aliphatic rings. The minimum absolute atomic E-state index is 0.0511. The molecule has 0 amide bonds. The Morgan fingerprint density at radius 3 is 2.23 bits per heavy atom. The maximum Gasteiger partial charge on any atom is 0.333 e. The predicted octanol–water partition coefficient (Wildman–Crippen LogP) is 7.92. The number of furan rings is 1. The summed E-state index contributed by atoms with van der Waals surface area (Å²) in [5, 5.41) is 4.76. The molecule has 0 radical (unpaired) electrons. The summed E-state index contributed by atoms with van der Waals surface area (Å²) < 4.78 is 9.09. The Morgan fingerprint density at radius 2 is 1.30 bits per heavy atom. The number of hydrogen-bond acceptors (Lipinski definition) is 2. The van der Waals surface area contributed by atoms with Crippen LogP contribution < -0.4 is 15.7 Å². The van der Waals surface area contributed by atoms with Gasteiger partial charge < -0.3 is 13.8 Å². The van der Waals surface area contributed by atoms with Crippen LogP contribution in [0.5, 0.6) is 0 Å². The van der Waals surface area contributed by atoms with Crippen LogP contribution in [0.15, 0.2) is 132 Å². The summed E-state index contributed by atoms with van der Waals surface area (Å²) in [6.07, 6.45) is 0. The second-order valence-electron chi connectivity index (χ2n) is 10.9. The zero-order valence-electron chi connectivity index (χ0n) is 21.5. The van der Waals surface area contributed by atoms with E-state index in [1.54, 1.807) is 0 Å². The quantitative estimate of drug-likeness (QED) is 0.210.